The number of hydrogen-bond acceptors (Lipinski definition) is 1. The van der Waals surface area contributed by atoms with Crippen molar-refractivity contribution in [2.45, 2.75) is 13.3 Å². The van der Waals surface area contributed by atoms with Gasteiger partial charge in [-0.2, -0.15) is 0 Å². The molecule has 0 aromatic rings. The van der Waals surface area contributed by atoms with E-state index in [1.54, 1.807) is 0 Å². The van der Waals surface area contributed by atoms with Crippen molar-refractivity contribution in [3.05, 3.63) is 17.7 Å². The zero-order valence-corrected chi connectivity index (χ0v) is 6.73. The second-order valence-electron chi connectivity index (χ2n) is 2.55. The highest BCUT2D eigenvalue weighted by Crippen LogP contribution is 2.30. The van der Waals surface area contributed by atoms with Crippen LogP contribution in [0.15, 0.2) is 11.3 Å². The summed E-state index contributed by atoms with van der Waals surface area (Å²) >= 11 is 0. The Kier molecular flexibility index (Phi) is 2.01. The molecule has 0 aromatic heterocycles. The summed E-state index contributed by atoms with van der Waals surface area (Å²) < 4.78 is 0. The van der Waals surface area contributed by atoms with Gasteiger partial charge in [0, 0.05) is 14.1 Å². The molecule has 0 N–H and O–H groups in total. The highest BCUT2D eigenvalue weighted by Gasteiger charge is 2.17. The van der Waals surface area contributed by atoms with Crippen LogP contribution in [0.25, 0.3) is 0 Å². The number of hydrogen-bond donors (Lipinski definition) is 0. The lowest BCUT2D eigenvalue weighted by atomic mass is 10.3. The van der Waals surface area contributed by atoms with Gasteiger partial charge >= 0.3 is 0 Å². The molecule has 1 nitrogen and oxygen atoms in total. The van der Waals surface area contributed by atoms with E-state index >= 15 is 0 Å². The smallest absolute Gasteiger partial charge is 0.0869 e. The Balaban J connectivity index is 2.77. The van der Waals surface area contributed by atoms with E-state index in [1.165, 1.54) is 11.3 Å². The van der Waals surface area contributed by atoms with Crippen molar-refractivity contribution in [3.8, 4) is 11.8 Å². The van der Waals surface area contributed by atoms with Crippen molar-refractivity contribution < 1.29 is 0 Å². The van der Waals surface area contributed by atoms with Gasteiger partial charge < -0.3 is 4.90 Å². The average Bonchev–Trinajstić information content (AvgIpc) is 2.63. The molecule has 0 heterocycles. The molecule has 1 heteroatoms. The van der Waals surface area contributed by atoms with Crippen molar-refractivity contribution in [2.75, 3.05) is 14.1 Å². The minimum Gasteiger partial charge on any atom is -0.371 e. The number of rotatable bonds is 1. The van der Waals surface area contributed by atoms with E-state index in [0.717, 1.165) is 6.42 Å². The molecule has 1 aliphatic rings. The predicted molar refractivity (Wildman–Crippen MR) is 43.1 cm³/mol. The molecule has 1 radical (unpaired) electrons. The Morgan fingerprint density at radius 2 is 2.20 bits per heavy atom. The van der Waals surface area contributed by atoms with Gasteiger partial charge in [0.05, 0.1) is 5.70 Å². The monoisotopic (exact) mass is 134 g/mol. The standard InChI is InChI=1S/C9H12N/c1-4-5-9(10(2)3)8-6-7-8/h6H,7H2,1-3H3/b9-8-. The van der Waals surface area contributed by atoms with Gasteiger partial charge in [-0.25, -0.2) is 0 Å². The van der Waals surface area contributed by atoms with Crippen LogP contribution < -0.4 is 0 Å². The van der Waals surface area contributed by atoms with Gasteiger partial charge in [0.25, 0.3) is 0 Å². The summed E-state index contributed by atoms with van der Waals surface area (Å²) in [5.74, 6) is 5.97. The van der Waals surface area contributed by atoms with Crippen LogP contribution in [0, 0.1) is 18.3 Å². The van der Waals surface area contributed by atoms with Crippen molar-refractivity contribution in [1.82, 2.24) is 4.90 Å². The second kappa shape index (κ2) is 2.79. The van der Waals surface area contributed by atoms with E-state index < -0.39 is 0 Å². The molecule has 1 aliphatic carbocycles. The molecule has 0 aliphatic heterocycles. The van der Waals surface area contributed by atoms with Crippen LogP contribution in [0.3, 0.4) is 0 Å². The third-order valence-electron chi connectivity index (χ3n) is 1.40. The molecule has 53 valence electrons. The summed E-state index contributed by atoms with van der Waals surface area (Å²) in [5.41, 5.74) is 2.56. The summed E-state index contributed by atoms with van der Waals surface area (Å²) in [6.45, 7) is 1.87. The van der Waals surface area contributed by atoms with E-state index in [4.69, 9.17) is 0 Å². The lowest BCUT2D eigenvalue weighted by molar-refractivity contribution is 0.533. The number of allylic oxidation sites excluding steroid dienone is 2. The Bertz CT molecular complexity index is 207. The van der Waals surface area contributed by atoms with Gasteiger partial charge in [0.1, 0.15) is 0 Å². The summed E-state index contributed by atoms with van der Waals surface area (Å²) in [7, 11) is 4.05. The van der Waals surface area contributed by atoms with E-state index in [2.05, 4.69) is 23.2 Å². The number of nitrogens with zero attached hydrogens (tertiary/aromatic N) is 1. The first kappa shape index (κ1) is 7.21. The summed E-state index contributed by atoms with van der Waals surface area (Å²) in [6, 6.07) is 0. The Hall–Kier alpha value is -0.900. The SMILES string of the molecule is CC#C/C(=C1\[CH]C1)N(C)C. The second-order valence-corrected chi connectivity index (χ2v) is 2.55. The normalized spacial score (nSPS) is 19.1. The van der Waals surface area contributed by atoms with Crippen LogP contribution >= 0.6 is 0 Å². The fourth-order valence-electron chi connectivity index (χ4n) is 0.842. The topological polar surface area (TPSA) is 3.24 Å². The average molecular weight is 134 g/mol. The van der Waals surface area contributed by atoms with Crippen molar-refractivity contribution >= 4 is 0 Å². The summed E-state index contributed by atoms with van der Waals surface area (Å²) in [5, 5.41) is 0. The van der Waals surface area contributed by atoms with Gasteiger partial charge in [-0.15, -0.1) is 0 Å². The minimum absolute atomic E-state index is 1.13. The van der Waals surface area contributed by atoms with Gasteiger partial charge in [0.2, 0.25) is 0 Å². The maximum absolute atomic E-state index is 3.07. The first-order valence-electron chi connectivity index (χ1n) is 3.42. The van der Waals surface area contributed by atoms with Crippen molar-refractivity contribution in [3.63, 3.8) is 0 Å². The minimum atomic E-state index is 1.13. The van der Waals surface area contributed by atoms with Crippen LogP contribution in [0.5, 0.6) is 0 Å². The van der Waals surface area contributed by atoms with Gasteiger partial charge in [-0.3, -0.25) is 0 Å². The molecule has 0 spiro atoms. The summed E-state index contributed by atoms with van der Waals surface area (Å²) in [6.07, 6.45) is 3.32. The molecular formula is C9H12N. The van der Waals surface area contributed by atoms with Gasteiger partial charge in [-0.1, -0.05) is 5.92 Å². The molecule has 1 rings (SSSR count). The fourth-order valence-corrected chi connectivity index (χ4v) is 0.842. The highest BCUT2D eigenvalue weighted by atomic mass is 15.1. The molecule has 0 unspecified atom stereocenters. The fraction of sp³-hybridized carbons (Fsp3) is 0.444. The maximum Gasteiger partial charge on any atom is 0.0869 e. The largest absolute Gasteiger partial charge is 0.371 e. The van der Waals surface area contributed by atoms with E-state index in [0.29, 0.717) is 0 Å². The highest BCUT2D eigenvalue weighted by molar-refractivity contribution is 5.45. The Labute approximate surface area is 62.7 Å². The molecule has 0 saturated heterocycles. The van der Waals surface area contributed by atoms with Crippen LogP contribution in [0.1, 0.15) is 13.3 Å². The van der Waals surface area contributed by atoms with Gasteiger partial charge in [-0.05, 0) is 31.3 Å². The predicted octanol–water partition coefficient (Wildman–Crippen LogP) is 1.43. The van der Waals surface area contributed by atoms with Crippen LogP contribution in [0.2, 0.25) is 0 Å². The quantitative estimate of drug-likeness (QED) is 0.490. The summed E-state index contributed by atoms with van der Waals surface area (Å²) in [4.78, 5) is 2.06. The van der Waals surface area contributed by atoms with E-state index in [-0.39, 0.29) is 0 Å². The lowest BCUT2D eigenvalue weighted by Crippen LogP contribution is -2.09. The van der Waals surface area contributed by atoms with Crippen LogP contribution in [-0.4, -0.2) is 19.0 Å². The Morgan fingerprint density at radius 1 is 1.60 bits per heavy atom. The maximum atomic E-state index is 3.07. The third kappa shape index (κ3) is 1.54. The third-order valence-corrected chi connectivity index (χ3v) is 1.40. The Morgan fingerprint density at radius 3 is 2.50 bits per heavy atom. The van der Waals surface area contributed by atoms with E-state index in [1.807, 2.05) is 21.0 Å². The van der Waals surface area contributed by atoms with Crippen LogP contribution in [0.4, 0.5) is 0 Å². The molecule has 10 heavy (non-hydrogen) atoms. The van der Waals surface area contributed by atoms with Crippen molar-refractivity contribution in [2.24, 2.45) is 0 Å². The van der Waals surface area contributed by atoms with Gasteiger partial charge in [0.15, 0.2) is 0 Å². The lowest BCUT2D eigenvalue weighted by Gasteiger charge is -2.10. The first-order valence-corrected chi connectivity index (χ1v) is 3.42. The molecule has 0 bridgehead atoms. The molecular weight excluding hydrogens is 122 g/mol. The molecule has 0 atom stereocenters. The van der Waals surface area contributed by atoms with E-state index in [9.17, 15) is 0 Å². The van der Waals surface area contributed by atoms with Crippen molar-refractivity contribution in [1.29, 1.82) is 0 Å². The molecule has 1 fully saturated rings. The molecule has 0 aromatic carbocycles. The molecule has 0 amide bonds. The molecule has 1 saturated carbocycles. The zero-order valence-electron chi connectivity index (χ0n) is 6.73. The zero-order chi connectivity index (χ0) is 7.56. The van der Waals surface area contributed by atoms with Crippen LogP contribution in [-0.2, 0) is 0 Å². The first-order chi connectivity index (χ1) is 4.75.